The quantitative estimate of drug-likeness (QED) is 0.874. The van der Waals surface area contributed by atoms with Crippen LogP contribution >= 0.6 is 15.9 Å². The first kappa shape index (κ1) is 11.0. The summed E-state index contributed by atoms with van der Waals surface area (Å²) in [4.78, 5) is 8.17. The highest BCUT2D eigenvalue weighted by atomic mass is 79.9. The molecule has 0 radical (unpaired) electrons. The molecule has 2 rings (SSSR count). The van der Waals surface area contributed by atoms with Crippen LogP contribution in [0.4, 0.5) is 10.2 Å². The van der Waals surface area contributed by atoms with Crippen molar-refractivity contribution in [3.8, 4) is 11.4 Å². The molecule has 3 nitrogen and oxygen atoms in total. The number of aryl methyl sites for hydroxylation is 1. The van der Waals surface area contributed by atoms with Gasteiger partial charge in [0.05, 0.1) is 5.56 Å². The highest BCUT2D eigenvalue weighted by Gasteiger charge is 2.09. The zero-order chi connectivity index (χ0) is 11.7. The number of nitrogen functional groups attached to an aromatic ring is 1. The molecule has 5 heteroatoms. The molecule has 0 aliphatic carbocycles. The predicted molar refractivity (Wildman–Crippen MR) is 64.3 cm³/mol. The van der Waals surface area contributed by atoms with E-state index in [4.69, 9.17) is 5.73 Å². The fourth-order valence-electron chi connectivity index (χ4n) is 1.38. The molecule has 0 atom stereocenters. The predicted octanol–water partition coefficient (Wildman–Crippen LogP) is 2.94. The number of anilines is 1. The van der Waals surface area contributed by atoms with Crippen molar-refractivity contribution in [1.82, 2.24) is 9.97 Å². The van der Waals surface area contributed by atoms with E-state index in [1.54, 1.807) is 25.1 Å². The molecule has 2 aromatic rings. The second-order valence-corrected chi connectivity index (χ2v) is 4.30. The number of nitrogens with zero attached hydrogens (tertiary/aromatic N) is 2. The first-order chi connectivity index (χ1) is 7.56. The summed E-state index contributed by atoms with van der Waals surface area (Å²) in [5.41, 5.74) is 6.65. The van der Waals surface area contributed by atoms with E-state index in [1.165, 1.54) is 6.07 Å². The molecule has 0 aliphatic rings. The van der Waals surface area contributed by atoms with E-state index in [2.05, 4.69) is 25.9 Å². The van der Waals surface area contributed by atoms with Crippen LogP contribution in [0.2, 0.25) is 0 Å². The molecule has 16 heavy (non-hydrogen) atoms. The highest BCUT2D eigenvalue weighted by Crippen LogP contribution is 2.24. The monoisotopic (exact) mass is 281 g/mol. The Balaban J connectivity index is 2.62. The summed E-state index contributed by atoms with van der Waals surface area (Å²) in [6.07, 6.45) is 0. The van der Waals surface area contributed by atoms with Crippen molar-refractivity contribution >= 4 is 21.7 Å². The Hall–Kier alpha value is -1.49. The molecule has 1 aromatic heterocycles. The number of halogens is 2. The van der Waals surface area contributed by atoms with Crippen molar-refractivity contribution in [1.29, 1.82) is 0 Å². The summed E-state index contributed by atoms with van der Waals surface area (Å²) in [5, 5.41) is 0. The first-order valence-corrected chi connectivity index (χ1v) is 5.42. The Labute approximate surface area is 101 Å². The summed E-state index contributed by atoms with van der Waals surface area (Å²) in [6.45, 7) is 1.79. The van der Waals surface area contributed by atoms with Gasteiger partial charge in [0, 0.05) is 16.2 Å². The standard InChI is InChI=1S/C11H9BrFN3/c1-6-4-10(14)16-11(15-6)8-5-7(12)2-3-9(8)13/h2-5H,1H3,(H2,14,15,16). The van der Waals surface area contributed by atoms with Crippen LogP contribution in [0.3, 0.4) is 0 Å². The number of hydrogen-bond acceptors (Lipinski definition) is 3. The van der Waals surface area contributed by atoms with E-state index >= 15 is 0 Å². The molecule has 0 saturated carbocycles. The topological polar surface area (TPSA) is 51.8 Å². The van der Waals surface area contributed by atoms with Gasteiger partial charge in [-0.25, -0.2) is 14.4 Å². The van der Waals surface area contributed by atoms with Gasteiger partial charge in [0.15, 0.2) is 5.82 Å². The van der Waals surface area contributed by atoms with E-state index in [0.717, 1.165) is 4.47 Å². The van der Waals surface area contributed by atoms with Gasteiger partial charge in [0.25, 0.3) is 0 Å². The maximum Gasteiger partial charge on any atom is 0.164 e. The van der Waals surface area contributed by atoms with Gasteiger partial charge in [-0.1, -0.05) is 15.9 Å². The third kappa shape index (κ3) is 2.19. The van der Waals surface area contributed by atoms with Gasteiger partial charge >= 0.3 is 0 Å². The summed E-state index contributed by atoms with van der Waals surface area (Å²) >= 11 is 3.28. The van der Waals surface area contributed by atoms with E-state index in [1.807, 2.05) is 0 Å². The maximum absolute atomic E-state index is 13.6. The zero-order valence-corrected chi connectivity index (χ0v) is 10.1. The lowest BCUT2D eigenvalue weighted by atomic mass is 10.2. The van der Waals surface area contributed by atoms with E-state index in [0.29, 0.717) is 22.9 Å². The van der Waals surface area contributed by atoms with Crippen LogP contribution in [0.15, 0.2) is 28.7 Å². The van der Waals surface area contributed by atoms with Crippen LogP contribution in [0.5, 0.6) is 0 Å². The molecule has 0 aliphatic heterocycles. The number of aromatic nitrogens is 2. The Morgan fingerprint density at radius 2 is 2.00 bits per heavy atom. The third-order valence-corrected chi connectivity index (χ3v) is 2.54. The van der Waals surface area contributed by atoms with Gasteiger partial charge in [-0.15, -0.1) is 0 Å². The van der Waals surface area contributed by atoms with Crippen molar-refractivity contribution in [2.75, 3.05) is 5.73 Å². The minimum atomic E-state index is -0.367. The van der Waals surface area contributed by atoms with Gasteiger partial charge in [-0.05, 0) is 25.1 Å². The van der Waals surface area contributed by atoms with Crippen LogP contribution in [0.25, 0.3) is 11.4 Å². The lowest BCUT2D eigenvalue weighted by Crippen LogP contribution is -1.99. The van der Waals surface area contributed by atoms with Crippen LogP contribution in [0.1, 0.15) is 5.69 Å². The largest absolute Gasteiger partial charge is 0.384 e. The maximum atomic E-state index is 13.6. The van der Waals surface area contributed by atoms with Crippen molar-refractivity contribution < 1.29 is 4.39 Å². The molecule has 1 aromatic carbocycles. The van der Waals surface area contributed by atoms with Crippen LogP contribution in [0, 0.1) is 12.7 Å². The SMILES string of the molecule is Cc1cc(N)nc(-c2cc(Br)ccc2F)n1. The Morgan fingerprint density at radius 1 is 1.25 bits per heavy atom. The van der Waals surface area contributed by atoms with Crippen LogP contribution < -0.4 is 5.73 Å². The average Bonchev–Trinajstić information content (AvgIpc) is 2.20. The van der Waals surface area contributed by atoms with Gasteiger partial charge in [-0.2, -0.15) is 0 Å². The molecule has 0 unspecified atom stereocenters. The molecular formula is C11H9BrFN3. The number of nitrogens with two attached hydrogens (primary N) is 1. The highest BCUT2D eigenvalue weighted by molar-refractivity contribution is 9.10. The molecule has 0 amide bonds. The van der Waals surface area contributed by atoms with Gasteiger partial charge < -0.3 is 5.73 Å². The molecule has 1 heterocycles. The number of rotatable bonds is 1. The summed E-state index contributed by atoms with van der Waals surface area (Å²) in [5.74, 6) is 0.270. The second-order valence-electron chi connectivity index (χ2n) is 3.38. The summed E-state index contributed by atoms with van der Waals surface area (Å²) < 4.78 is 14.3. The van der Waals surface area contributed by atoms with Gasteiger partial charge in [0.2, 0.25) is 0 Å². The fourth-order valence-corrected chi connectivity index (χ4v) is 1.74. The van der Waals surface area contributed by atoms with Crippen molar-refractivity contribution in [3.05, 3.63) is 40.2 Å². The van der Waals surface area contributed by atoms with Crippen LogP contribution in [-0.4, -0.2) is 9.97 Å². The van der Waals surface area contributed by atoms with E-state index in [-0.39, 0.29) is 5.82 Å². The number of benzene rings is 1. The molecule has 0 spiro atoms. The smallest absolute Gasteiger partial charge is 0.164 e. The lowest BCUT2D eigenvalue weighted by molar-refractivity contribution is 0.629. The number of hydrogen-bond donors (Lipinski definition) is 1. The minimum Gasteiger partial charge on any atom is -0.384 e. The van der Waals surface area contributed by atoms with E-state index < -0.39 is 0 Å². The van der Waals surface area contributed by atoms with E-state index in [9.17, 15) is 4.39 Å². The summed E-state index contributed by atoms with van der Waals surface area (Å²) in [7, 11) is 0. The molecule has 0 fully saturated rings. The van der Waals surface area contributed by atoms with Gasteiger partial charge in [-0.3, -0.25) is 0 Å². The molecule has 2 N–H and O–H groups in total. The fraction of sp³-hybridized carbons (Fsp3) is 0.0909. The van der Waals surface area contributed by atoms with Crippen LogP contribution in [-0.2, 0) is 0 Å². The molecule has 0 saturated heterocycles. The Bertz CT molecular complexity index is 522. The lowest BCUT2D eigenvalue weighted by Gasteiger charge is -2.04. The molecule has 82 valence electrons. The molecule has 0 bridgehead atoms. The van der Waals surface area contributed by atoms with Crippen molar-refractivity contribution in [2.24, 2.45) is 0 Å². The average molecular weight is 282 g/mol. The van der Waals surface area contributed by atoms with Crippen molar-refractivity contribution in [3.63, 3.8) is 0 Å². The third-order valence-electron chi connectivity index (χ3n) is 2.04. The normalized spacial score (nSPS) is 10.4. The summed E-state index contributed by atoms with van der Waals surface area (Å²) in [6, 6.07) is 6.25. The minimum absolute atomic E-state index is 0.302. The first-order valence-electron chi connectivity index (χ1n) is 4.63. The van der Waals surface area contributed by atoms with Crippen molar-refractivity contribution in [2.45, 2.75) is 6.92 Å². The Kier molecular flexibility index (Phi) is 2.87. The Morgan fingerprint density at radius 3 is 2.69 bits per heavy atom. The van der Waals surface area contributed by atoms with Gasteiger partial charge in [0.1, 0.15) is 11.6 Å². The zero-order valence-electron chi connectivity index (χ0n) is 8.54. The second kappa shape index (κ2) is 4.17. The molecular weight excluding hydrogens is 273 g/mol.